The van der Waals surface area contributed by atoms with Crippen molar-refractivity contribution in [2.45, 2.75) is 0 Å². The summed E-state index contributed by atoms with van der Waals surface area (Å²) in [6, 6.07) is 72.8. The Balaban J connectivity index is 1.11. The van der Waals surface area contributed by atoms with Crippen LogP contribution >= 0.6 is 0 Å². The normalized spacial score (nSPS) is 12.1. The summed E-state index contributed by atoms with van der Waals surface area (Å²) in [6.45, 7) is 0. The van der Waals surface area contributed by atoms with E-state index in [0.717, 1.165) is 55.6 Å². The fourth-order valence-electron chi connectivity index (χ4n) is 9.70. The summed E-state index contributed by atoms with van der Waals surface area (Å²) < 4.78 is 13.5. The molecular weight excluding hydrogens is 707 g/mol. The third-order valence-corrected chi connectivity index (χ3v) is 12.2. The second kappa shape index (κ2) is 11.8. The van der Waals surface area contributed by atoms with Gasteiger partial charge in [-0.1, -0.05) is 121 Å². The number of nitrogens with zero attached hydrogens (tertiary/aromatic N) is 3. The van der Waals surface area contributed by atoms with Crippen molar-refractivity contribution in [2.75, 3.05) is 0 Å². The van der Waals surface area contributed by atoms with Gasteiger partial charge >= 0.3 is 0 Å². The minimum atomic E-state index is 0.894. The second-order valence-electron chi connectivity index (χ2n) is 15.3. The van der Waals surface area contributed by atoms with Crippen LogP contribution in [-0.2, 0) is 0 Å². The van der Waals surface area contributed by atoms with Crippen LogP contribution in [-0.4, -0.2) is 13.7 Å². The van der Waals surface area contributed by atoms with Crippen LogP contribution in [0.4, 0.5) is 0 Å². The van der Waals surface area contributed by atoms with Crippen molar-refractivity contribution < 1.29 is 4.42 Å². The van der Waals surface area contributed by atoms with E-state index < -0.39 is 0 Å². The van der Waals surface area contributed by atoms with Crippen LogP contribution in [0.25, 0.3) is 116 Å². The first-order valence-electron chi connectivity index (χ1n) is 19.8. The van der Waals surface area contributed by atoms with Gasteiger partial charge in [0.05, 0.1) is 33.1 Å². The number of hydrogen-bond donors (Lipinski definition) is 0. The van der Waals surface area contributed by atoms with Gasteiger partial charge in [0.15, 0.2) is 0 Å². The molecule has 58 heavy (non-hydrogen) atoms. The van der Waals surface area contributed by atoms with Gasteiger partial charge in [0.2, 0.25) is 0 Å². The molecular formula is C54H33N3O. The molecule has 0 amide bonds. The Morgan fingerprint density at radius 2 is 0.655 bits per heavy atom. The smallest absolute Gasteiger partial charge is 0.135 e. The quantitative estimate of drug-likeness (QED) is 0.177. The van der Waals surface area contributed by atoms with Crippen LogP contribution in [0.3, 0.4) is 0 Å². The molecule has 0 spiro atoms. The molecule has 0 saturated heterocycles. The van der Waals surface area contributed by atoms with Gasteiger partial charge in [-0.05, 0) is 90.0 Å². The lowest BCUT2D eigenvalue weighted by Gasteiger charge is -2.16. The molecule has 4 aromatic heterocycles. The lowest BCUT2D eigenvalue weighted by atomic mass is 10.0. The Morgan fingerprint density at radius 3 is 1.17 bits per heavy atom. The third-order valence-electron chi connectivity index (χ3n) is 12.2. The first-order chi connectivity index (χ1) is 28.8. The molecule has 9 aromatic carbocycles. The van der Waals surface area contributed by atoms with E-state index in [-0.39, 0.29) is 0 Å². The first-order valence-corrected chi connectivity index (χ1v) is 19.8. The van der Waals surface area contributed by atoms with Crippen LogP contribution in [0.1, 0.15) is 0 Å². The summed E-state index contributed by atoms with van der Waals surface area (Å²) in [5.74, 6) is 0. The van der Waals surface area contributed by atoms with Crippen LogP contribution < -0.4 is 0 Å². The standard InChI is InChI=1S/C54H33N3O/c1-8-20-48-39(13-1)40-14-2-9-21-49(40)56(48)37-29-35(30-38(32-37)57-50-22-10-3-15-41(50)42-16-4-11-23-51(42)57)34-25-27-44-43-17-5-7-19-47(43)55(52(44)31-34)36-26-28-54-46(33-36)45-18-6-12-24-53(45)58-54/h1-33H. The molecule has 13 aromatic rings. The van der Waals surface area contributed by atoms with Crippen molar-refractivity contribution in [1.82, 2.24) is 13.7 Å². The highest BCUT2D eigenvalue weighted by atomic mass is 16.3. The molecule has 4 heterocycles. The summed E-state index contributed by atoms with van der Waals surface area (Å²) >= 11 is 0. The minimum absolute atomic E-state index is 0.894. The van der Waals surface area contributed by atoms with E-state index in [1.54, 1.807) is 0 Å². The van der Waals surface area contributed by atoms with Gasteiger partial charge in [0, 0.05) is 60.2 Å². The van der Waals surface area contributed by atoms with Gasteiger partial charge < -0.3 is 18.1 Å². The lowest BCUT2D eigenvalue weighted by Crippen LogP contribution is -2.00. The number of rotatable bonds is 4. The predicted octanol–water partition coefficient (Wildman–Crippen LogP) is 14.5. The van der Waals surface area contributed by atoms with Crippen molar-refractivity contribution in [3.63, 3.8) is 0 Å². The van der Waals surface area contributed by atoms with E-state index in [2.05, 4.69) is 202 Å². The highest BCUT2D eigenvalue weighted by molar-refractivity contribution is 6.13. The summed E-state index contributed by atoms with van der Waals surface area (Å²) in [5, 5.41) is 9.67. The first kappa shape index (κ1) is 31.4. The van der Waals surface area contributed by atoms with Crippen LogP contribution in [0.2, 0.25) is 0 Å². The second-order valence-corrected chi connectivity index (χ2v) is 15.3. The molecule has 270 valence electrons. The average Bonchev–Trinajstić information content (AvgIpc) is 4.02. The number of furan rings is 1. The highest BCUT2D eigenvalue weighted by Gasteiger charge is 2.19. The molecule has 0 N–H and O–H groups in total. The summed E-state index contributed by atoms with van der Waals surface area (Å²) in [7, 11) is 0. The fraction of sp³-hybridized carbons (Fsp3) is 0. The van der Waals surface area contributed by atoms with Gasteiger partial charge in [0.25, 0.3) is 0 Å². The van der Waals surface area contributed by atoms with E-state index in [4.69, 9.17) is 4.42 Å². The molecule has 13 rings (SSSR count). The van der Waals surface area contributed by atoms with Gasteiger partial charge in [-0.2, -0.15) is 0 Å². The van der Waals surface area contributed by atoms with Crippen LogP contribution in [0.5, 0.6) is 0 Å². The van der Waals surface area contributed by atoms with Gasteiger partial charge in [-0.25, -0.2) is 0 Å². The minimum Gasteiger partial charge on any atom is -0.456 e. The largest absolute Gasteiger partial charge is 0.456 e. The molecule has 4 heteroatoms. The van der Waals surface area contributed by atoms with Crippen molar-refractivity contribution in [3.05, 3.63) is 200 Å². The molecule has 0 saturated carbocycles. The fourth-order valence-corrected chi connectivity index (χ4v) is 9.70. The van der Waals surface area contributed by atoms with E-state index in [9.17, 15) is 0 Å². The molecule has 0 fully saturated rings. The zero-order chi connectivity index (χ0) is 37.9. The van der Waals surface area contributed by atoms with Crippen molar-refractivity contribution in [2.24, 2.45) is 0 Å². The van der Waals surface area contributed by atoms with E-state index in [1.165, 1.54) is 59.9 Å². The Morgan fingerprint density at radius 1 is 0.241 bits per heavy atom. The van der Waals surface area contributed by atoms with Gasteiger partial charge in [-0.15, -0.1) is 0 Å². The highest BCUT2D eigenvalue weighted by Crippen LogP contribution is 2.41. The summed E-state index contributed by atoms with van der Waals surface area (Å²) in [5.41, 5.74) is 14.5. The van der Waals surface area contributed by atoms with Crippen molar-refractivity contribution in [1.29, 1.82) is 0 Å². The molecule has 0 aliphatic rings. The summed E-state index contributed by atoms with van der Waals surface area (Å²) in [6.07, 6.45) is 0. The number of benzene rings is 9. The molecule has 0 bridgehead atoms. The van der Waals surface area contributed by atoms with Crippen LogP contribution in [0, 0.1) is 0 Å². The number of hydrogen-bond acceptors (Lipinski definition) is 1. The Hall–Kier alpha value is -7.82. The third kappa shape index (κ3) is 4.40. The molecule has 0 aliphatic heterocycles. The van der Waals surface area contributed by atoms with Gasteiger partial charge in [0.1, 0.15) is 11.2 Å². The van der Waals surface area contributed by atoms with E-state index in [1.807, 2.05) is 12.1 Å². The lowest BCUT2D eigenvalue weighted by molar-refractivity contribution is 0.669. The number of fused-ring (bicyclic) bond motifs is 12. The Labute approximate surface area is 332 Å². The molecule has 0 radical (unpaired) electrons. The number of aromatic nitrogens is 3. The van der Waals surface area contributed by atoms with E-state index in [0.29, 0.717) is 0 Å². The Kier molecular flexibility index (Phi) is 6.41. The predicted molar refractivity (Wildman–Crippen MR) is 242 cm³/mol. The van der Waals surface area contributed by atoms with Crippen molar-refractivity contribution >= 4 is 87.4 Å². The molecule has 4 nitrogen and oxygen atoms in total. The average molecular weight is 740 g/mol. The maximum Gasteiger partial charge on any atom is 0.135 e. The zero-order valence-corrected chi connectivity index (χ0v) is 31.3. The number of para-hydroxylation sites is 6. The maximum absolute atomic E-state index is 6.25. The molecule has 0 unspecified atom stereocenters. The molecule has 0 aliphatic carbocycles. The zero-order valence-electron chi connectivity index (χ0n) is 31.3. The topological polar surface area (TPSA) is 27.9 Å². The maximum atomic E-state index is 6.25. The SMILES string of the molecule is c1ccc2c(c1)oc1ccc(-n3c4ccccc4c4ccc(-c5cc(-n6c7ccccc7c7ccccc76)cc(-n6c7ccccc7c7ccccc76)c5)cc43)cc12. The van der Waals surface area contributed by atoms with E-state index >= 15 is 0 Å². The van der Waals surface area contributed by atoms with Crippen LogP contribution in [0.15, 0.2) is 205 Å². The molecule has 0 atom stereocenters. The van der Waals surface area contributed by atoms with Gasteiger partial charge in [-0.3, -0.25) is 0 Å². The monoisotopic (exact) mass is 739 g/mol. The summed E-state index contributed by atoms with van der Waals surface area (Å²) in [4.78, 5) is 0. The Bertz CT molecular complexity index is 3580. The van der Waals surface area contributed by atoms with Crippen molar-refractivity contribution in [3.8, 4) is 28.2 Å².